The second-order valence-corrected chi connectivity index (χ2v) is 5.63. The van der Waals surface area contributed by atoms with Gasteiger partial charge < -0.3 is 10.2 Å². The van der Waals surface area contributed by atoms with E-state index in [1.165, 1.54) is 24.7 Å². The molecular weight excluding hydrogens is 323 g/mol. The molecule has 0 saturated heterocycles. The number of pyridine rings is 1. The van der Waals surface area contributed by atoms with Crippen LogP contribution < -0.4 is 5.32 Å². The Balaban J connectivity index is 1.76. The first-order valence-corrected chi connectivity index (χ1v) is 7.65. The Kier molecular flexibility index (Phi) is 4.66. The molecule has 25 heavy (non-hydrogen) atoms. The molecule has 0 spiro atoms. The Morgan fingerprint density at radius 3 is 2.88 bits per heavy atom. The predicted octanol–water partition coefficient (Wildman–Crippen LogP) is 2.22. The Bertz CT molecular complexity index is 871. The second kappa shape index (κ2) is 7.05. The van der Waals surface area contributed by atoms with E-state index < -0.39 is 11.7 Å². The monoisotopic (exact) mass is 338 g/mol. The van der Waals surface area contributed by atoms with Crippen molar-refractivity contribution in [3.05, 3.63) is 53.5 Å². The van der Waals surface area contributed by atoms with Crippen molar-refractivity contribution < 1.29 is 9.18 Å². The molecule has 0 bridgehead atoms. The number of nitrogens with one attached hydrogen (secondary N) is 1. The van der Waals surface area contributed by atoms with Crippen LogP contribution in [0.1, 0.15) is 29.4 Å². The predicted molar refractivity (Wildman–Crippen MR) is 88.6 cm³/mol. The smallest absolute Gasteiger partial charge is 0.259 e. The normalized spacial score (nSPS) is 14.2. The number of nitriles is 1. The molecule has 3 rings (SSSR count). The number of amides is 1. The van der Waals surface area contributed by atoms with Gasteiger partial charge in [-0.1, -0.05) is 5.57 Å². The molecule has 1 amide bonds. The van der Waals surface area contributed by atoms with Gasteiger partial charge in [0, 0.05) is 12.7 Å². The second-order valence-electron chi connectivity index (χ2n) is 5.63. The van der Waals surface area contributed by atoms with E-state index in [0.29, 0.717) is 18.8 Å². The fraction of sp³-hybridized carbons (Fsp3) is 0.235. The number of hydrogen-bond acceptors (Lipinski definition) is 6. The van der Waals surface area contributed by atoms with Gasteiger partial charge in [0.25, 0.3) is 5.91 Å². The highest BCUT2D eigenvalue weighted by atomic mass is 19.1. The number of hydrogen-bond donors (Lipinski definition) is 1. The van der Waals surface area contributed by atoms with E-state index in [0.717, 1.165) is 23.8 Å². The Labute approximate surface area is 143 Å². The molecule has 3 heterocycles. The van der Waals surface area contributed by atoms with Crippen molar-refractivity contribution in [1.82, 2.24) is 19.9 Å². The summed E-state index contributed by atoms with van der Waals surface area (Å²) in [5, 5.41) is 11.6. The molecule has 126 valence electrons. The molecular formula is C17H15FN6O. The third-order valence-corrected chi connectivity index (χ3v) is 3.98. The summed E-state index contributed by atoms with van der Waals surface area (Å²) in [5.41, 5.74) is 2.66. The lowest BCUT2D eigenvalue weighted by Gasteiger charge is -2.25. The van der Waals surface area contributed by atoms with Crippen LogP contribution in [0.25, 0.3) is 5.57 Å². The molecule has 2 aromatic rings. The number of aromatic nitrogens is 3. The first-order chi connectivity index (χ1) is 12.1. The largest absolute Gasteiger partial charge is 0.306 e. The lowest BCUT2D eigenvalue weighted by atomic mass is 9.99. The zero-order valence-corrected chi connectivity index (χ0v) is 13.5. The van der Waals surface area contributed by atoms with Gasteiger partial charge >= 0.3 is 0 Å². The van der Waals surface area contributed by atoms with Crippen LogP contribution in [0.5, 0.6) is 0 Å². The molecule has 0 aliphatic carbocycles. The summed E-state index contributed by atoms with van der Waals surface area (Å²) in [6, 6.07) is 1.29. The molecule has 0 atom stereocenters. The fourth-order valence-corrected chi connectivity index (χ4v) is 2.53. The quantitative estimate of drug-likeness (QED) is 0.862. The molecule has 1 aliphatic heterocycles. The van der Waals surface area contributed by atoms with Gasteiger partial charge in [-0.25, -0.2) is 9.37 Å². The van der Waals surface area contributed by atoms with Crippen molar-refractivity contribution in [2.75, 3.05) is 18.4 Å². The number of halogens is 1. The average Bonchev–Trinajstić information content (AvgIpc) is 2.63. The lowest BCUT2D eigenvalue weighted by molar-refractivity contribution is 0.102. The van der Waals surface area contributed by atoms with E-state index in [-0.39, 0.29) is 11.4 Å². The standard InChI is InChI=1S/C17H15FN6O/c1-11-3-5-24(10-19)9-13(11)15-7-22-16(8-21-15)23-17(25)12-2-4-20-6-14(12)18/h2,4,6-8H,3,5,9H2,1H3,(H,22,23,25). The highest BCUT2D eigenvalue weighted by molar-refractivity contribution is 6.03. The molecule has 0 radical (unpaired) electrons. The molecule has 0 fully saturated rings. The first kappa shape index (κ1) is 16.5. The third-order valence-electron chi connectivity index (χ3n) is 3.98. The highest BCUT2D eigenvalue weighted by Crippen LogP contribution is 2.24. The third kappa shape index (κ3) is 3.61. The Morgan fingerprint density at radius 2 is 2.20 bits per heavy atom. The van der Waals surface area contributed by atoms with Crippen molar-refractivity contribution in [3.63, 3.8) is 0 Å². The van der Waals surface area contributed by atoms with Crippen LogP contribution in [0.15, 0.2) is 36.4 Å². The molecule has 0 saturated carbocycles. The minimum Gasteiger partial charge on any atom is -0.306 e. The molecule has 0 aromatic carbocycles. The van der Waals surface area contributed by atoms with Gasteiger partial charge in [-0.3, -0.25) is 14.8 Å². The Morgan fingerprint density at radius 1 is 1.36 bits per heavy atom. The van der Waals surface area contributed by atoms with Gasteiger partial charge in [0.2, 0.25) is 0 Å². The zero-order valence-electron chi connectivity index (χ0n) is 13.5. The van der Waals surface area contributed by atoms with Gasteiger partial charge in [0.1, 0.15) is 0 Å². The average molecular weight is 338 g/mol. The number of rotatable bonds is 3. The fourth-order valence-electron chi connectivity index (χ4n) is 2.53. The van der Waals surface area contributed by atoms with Crippen LogP contribution in [0.2, 0.25) is 0 Å². The SMILES string of the molecule is CC1=C(c2cnc(NC(=O)c3ccncc3F)cn2)CN(C#N)CC1. The minimum atomic E-state index is -0.704. The summed E-state index contributed by atoms with van der Waals surface area (Å²) >= 11 is 0. The minimum absolute atomic E-state index is 0.114. The molecule has 1 N–H and O–H groups in total. The van der Waals surface area contributed by atoms with Crippen molar-refractivity contribution in [1.29, 1.82) is 5.26 Å². The summed E-state index contributed by atoms with van der Waals surface area (Å²) in [6.07, 6.45) is 8.20. The van der Waals surface area contributed by atoms with Gasteiger partial charge in [0.05, 0.1) is 36.4 Å². The van der Waals surface area contributed by atoms with Crippen molar-refractivity contribution in [2.45, 2.75) is 13.3 Å². The first-order valence-electron chi connectivity index (χ1n) is 7.65. The van der Waals surface area contributed by atoms with E-state index >= 15 is 0 Å². The summed E-state index contributed by atoms with van der Waals surface area (Å²) in [5.74, 6) is -1.11. The molecule has 2 aromatic heterocycles. The van der Waals surface area contributed by atoms with E-state index in [1.807, 2.05) is 6.92 Å². The van der Waals surface area contributed by atoms with Crippen LogP contribution in [-0.2, 0) is 0 Å². The van der Waals surface area contributed by atoms with Crippen molar-refractivity contribution >= 4 is 17.3 Å². The van der Waals surface area contributed by atoms with Gasteiger partial charge in [0.15, 0.2) is 17.8 Å². The zero-order chi connectivity index (χ0) is 17.8. The van der Waals surface area contributed by atoms with Crippen LogP contribution in [-0.4, -0.2) is 38.8 Å². The van der Waals surface area contributed by atoms with Gasteiger partial charge in [-0.15, -0.1) is 0 Å². The van der Waals surface area contributed by atoms with Crippen molar-refractivity contribution in [2.24, 2.45) is 0 Å². The maximum absolute atomic E-state index is 13.6. The van der Waals surface area contributed by atoms with Gasteiger partial charge in [-0.2, -0.15) is 5.26 Å². The highest BCUT2D eigenvalue weighted by Gasteiger charge is 2.18. The molecule has 8 heteroatoms. The number of carbonyl (C=O) groups is 1. The molecule has 7 nitrogen and oxygen atoms in total. The van der Waals surface area contributed by atoms with E-state index in [4.69, 9.17) is 5.26 Å². The van der Waals surface area contributed by atoms with E-state index in [1.54, 1.807) is 4.90 Å². The molecule has 0 unspecified atom stereocenters. The van der Waals surface area contributed by atoms with Crippen LogP contribution in [0.3, 0.4) is 0 Å². The number of anilines is 1. The maximum Gasteiger partial charge on any atom is 0.259 e. The number of nitrogens with zero attached hydrogens (tertiary/aromatic N) is 5. The topological polar surface area (TPSA) is 94.8 Å². The summed E-state index contributed by atoms with van der Waals surface area (Å²) in [4.78, 5) is 25.8. The molecule has 1 aliphatic rings. The van der Waals surface area contributed by atoms with E-state index in [9.17, 15) is 9.18 Å². The summed E-state index contributed by atoms with van der Waals surface area (Å²) in [6.45, 7) is 3.20. The summed E-state index contributed by atoms with van der Waals surface area (Å²) in [7, 11) is 0. The Hall–Kier alpha value is -3.34. The maximum atomic E-state index is 13.6. The van der Waals surface area contributed by atoms with Crippen molar-refractivity contribution in [3.8, 4) is 6.19 Å². The van der Waals surface area contributed by atoms with Gasteiger partial charge in [-0.05, 0) is 25.0 Å². The van der Waals surface area contributed by atoms with Crippen LogP contribution >= 0.6 is 0 Å². The van der Waals surface area contributed by atoms with Crippen LogP contribution in [0, 0.1) is 17.3 Å². The van der Waals surface area contributed by atoms with E-state index in [2.05, 4.69) is 26.5 Å². The van der Waals surface area contributed by atoms with Crippen LogP contribution in [0.4, 0.5) is 10.2 Å². The number of carbonyl (C=O) groups excluding carboxylic acids is 1. The lowest BCUT2D eigenvalue weighted by Crippen LogP contribution is -2.26. The summed E-state index contributed by atoms with van der Waals surface area (Å²) < 4.78 is 13.6.